The van der Waals surface area contributed by atoms with E-state index in [0.29, 0.717) is 67.4 Å². The average molecular weight is 555 g/mol. The molecule has 214 valence electrons. The van der Waals surface area contributed by atoms with Gasteiger partial charge >= 0.3 is 0 Å². The Hall–Kier alpha value is -3.38. The van der Waals surface area contributed by atoms with Crippen molar-refractivity contribution in [2.75, 3.05) is 49.6 Å². The minimum absolute atomic E-state index is 0.0544. The largest absolute Gasteiger partial charge is 0.378 e. The molecule has 2 saturated heterocycles. The van der Waals surface area contributed by atoms with Crippen LogP contribution in [0.15, 0.2) is 30.3 Å². The van der Waals surface area contributed by atoms with Crippen LogP contribution in [0.5, 0.6) is 0 Å². The molecule has 3 fully saturated rings. The quantitative estimate of drug-likeness (QED) is 0.389. The van der Waals surface area contributed by atoms with Crippen LogP contribution in [0.2, 0.25) is 0 Å². The number of ether oxygens (including phenoxy) is 1. The third kappa shape index (κ3) is 5.87. The molecule has 10 nitrogen and oxygen atoms in total. The van der Waals surface area contributed by atoms with E-state index in [1.807, 2.05) is 6.07 Å². The van der Waals surface area contributed by atoms with Crippen molar-refractivity contribution in [1.82, 2.24) is 30.2 Å². The van der Waals surface area contributed by atoms with Crippen molar-refractivity contribution in [1.29, 1.82) is 0 Å². The number of alkyl halides is 2. The minimum Gasteiger partial charge on any atom is -0.378 e. The first kappa shape index (κ1) is 26.8. The molecule has 1 amide bonds. The van der Waals surface area contributed by atoms with E-state index in [2.05, 4.69) is 25.8 Å². The molecule has 4 heterocycles. The molecule has 0 unspecified atom stereocenters. The fourth-order valence-corrected chi connectivity index (χ4v) is 5.96. The van der Waals surface area contributed by atoms with Crippen LogP contribution in [0.25, 0.3) is 16.9 Å². The maximum atomic E-state index is 14.1. The number of hydrogen-bond acceptors (Lipinski definition) is 8. The summed E-state index contributed by atoms with van der Waals surface area (Å²) in [4.78, 5) is 28.2. The van der Waals surface area contributed by atoms with Gasteiger partial charge in [-0.2, -0.15) is 9.97 Å². The molecule has 0 spiro atoms. The fraction of sp³-hybridized carbons (Fsp3) is 0.571. The Morgan fingerprint density at radius 1 is 1.05 bits per heavy atom. The highest BCUT2D eigenvalue weighted by Crippen LogP contribution is 2.31. The second-order valence-corrected chi connectivity index (χ2v) is 10.9. The van der Waals surface area contributed by atoms with Crippen LogP contribution in [0, 0.1) is 5.92 Å². The molecule has 1 atom stereocenters. The number of morpholine rings is 1. The third-order valence-electron chi connectivity index (χ3n) is 8.17. The number of halogens is 2. The summed E-state index contributed by atoms with van der Waals surface area (Å²) in [5.41, 5.74) is 1.07. The summed E-state index contributed by atoms with van der Waals surface area (Å²) < 4.78 is 35.2. The van der Waals surface area contributed by atoms with Crippen molar-refractivity contribution in [3.05, 3.63) is 36.2 Å². The lowest BCUT2D eigenvalue weighted by Gasteiger charge is -2.31. The highest BCUT2D eigenvalue weighted by Gasteiger charge is 2.27. The van der Waals surface area contributed by atoms with Crippen molar-refractivity contribution in [2.45, 2.75) is 57.0 Å². The number of fused-ring (bicyclic) bond motifs is 1. The number of carbonyl (C=O) groups excluding carboxylic acids is 1. The normalized spacial score (nSPS) is 23.6. The van der Waals surface area contributed by atoms with Gasteiger partial charge in [-0.3, -0.25) is 9.36 Å². The number of para-hydroxylation sites is 2. The molecule has 1 aliphatic carbocycles. The standard InChI is InChI=1S/C28H36F2N8O2/c29-25(30)26-34-20-4-1-2-6-22(20)38(26)24-16-23(37-12-14-40-15-13-37)35-28(36-24)33-19-9-7-18(8-10-19)17-32-27(39)21-5-3-11-31-21/h1-2,4,6,16,18-19,21,25,31H,3,5,7-15,17H2,(H,32,39)(H,33,35,36)/t18?,19?,21-/m0/s1. The van der Waals surface area contributed by atoms with Crippen LogP contribution in [0.4, 0.5) is 20.5 Å². The molecule has 2 aliphatic heterocycles. The molecule has 3 N–H and O–H groups in total. The van der Waals surface area contributed by atoms with Crippen LogP contribution in [0.1, 0.15) is 50.8 Å². The Kier molecular flexibility index (Phi) is 8.05. The second kappa shape index (κ2) is 12.0. The lowest BCUT2D eigenvalue weighted by molar-refractivity contribution is -0.123. The number of nitrogens with one attached hydrogen (secondary N) is 3. The van der Waals surface area contributed by atoms with E-state index in [0.717, 1.165) is 45.1 Å². The van der Waals surface area contributed by atoms with E-state index < -0.39 is 6.43 Å². The second-order valence-electron chi connectivity index (χ2n) is 10.9. The molecule has 40 heavy (non-hydrogen) atoms. The number of aromatic nitrogens is 4. The number of hydrogen-bond donors (Lipinski definition) is 3. The predicted molar refractivity (Wildman–Crippen MR) is 148 cm³/mol. The van der Waals surface area contributed by atoms with Gasteiger partial charge in [-0.05, 0) is 63.1 Å². The van der Waals surface area contributed by atoms with Gasteiger partial charge in [0.25, 0.3) is 6.43 Å². The van der Waals surface area contributed by atoms with E-state index in [4.69, 9.17) is 14.7 Å². The highest BCUT2D eigenvalue weighted by atomic mass is 19.3. The maximum absolute atomic E-state index is 14.1. The molecule has 3 aromatic rings. The monoisotopic (exact) mass is 554 g/mol. The molecule has 0 radical (unpaired) electrons. The molecular weight excluding hydrogens is 518 g/mol. The third-order valence-corrected chi connectivity index (χ3v) is 8.17. The summed E-state index contributed by atoms with van der Waals surface area (Å²) in [5, 5.41) is 9.86. The Morgan fingerprint density at radius 2 is 1.82 bits per heavy atom. The van der Waals surface area contributed by atoms with Gasteiger partial charge in [0.1, 0.15) is 11.6 Å². The van der Waals surface area contributed by atoms with Crippen molar-refractivity contribution in [3.8, 4) is 5.82 Å². The van der Waals surface area contributed by atoms with Gasteiger partial charge in [0.05, 0.1) is 30.3 Å². The first-order valence-electron chi connectivity index (χ1n) is 14.3. The average Bonchev–Trinajstić information content (AvgIpc) is 3.66. The van der Waals surface area contributed by atoms with Gasteiger partial charge in [-0.25, -0.2) is 13.8 Å². The lowest BCUT2D eigenvalue weighted by Crippen LogP contribution is -2.43. The van der Waals surface area contributed by atoms with E-state index in [-0.39, 0.29) is 23.8 Å². The Bertz CT molecular complexity index is 1310. The number of anilines is 2. The van der Waals surface area contributed by atoms with Gasteiger partial charge in [0.15, 0.2) is 5.82 Å². The van der Waals surface area contributed by atoms with Crippen molar-refractivity contribution in [2.24, 2.45) is 5.92 Å². The van der Waals surface area contributed by atoms with E-state index >= 15 is 0 Å². The summed E-state index contributed by atoms with van der Waals surface area (Å²) in [5.74, 6) is 1.65. The van der Waals surface area contributed by atoms with E-state index in [1.165, 1.54) is 4.57 Å². The Morgan fingerprint density at radius 3 is 2.58 bits per heavy atom. The topological polar surface area (TPSA) is 109 Å². The molecular formula is C28H36F2N8O2. The van der Waals surface area contributed by atoms with Crippen molar-refractivity contribution >= 4 is 28.7 Å². The Balaban J connectivity index is 1.20. The van der Waals surface area contributed by atoms with Gasteiger partial charge in [-0.15, -0.1) is 0 Å². The van der Waals surface area contributed by atoms with Crippen LogP contribution in [0.3, 0.4) is 0 Å². The number of nitrogens with zero attached hydrogens (tertiary/aromatic N) is 5. The first-order chi connectivity index (χ1) is 19.5. The summed E-state index contributed by atoms with van der Waals surface area (Å²) in [7, 11) is 0. The maximum Gasteiger partial charge on any atom is 0.296 e. The number of amides is 1. The number of imidazole rings is 1. The molecule has 3 aliphatic rings. The summed E-state index contributed by atoms with van der Waals surface area (Å²) in [6, 6.07) is 8.97. The van der Waals surface area contributed by atoms with Gasteiger partial charge < -0.3 is 25.6 Å². The molecule has 1 saturated carbocycles. The van der Waals surface area contributed by atoms with E-state index in [9.17, 15) is 13.6 Å². The molecule has 0 bridgehead atoms. The predicted octanol–water partition coefficient (Wildman–Crippen LogP) is 3.43. The minimum atomic E-state index is -2.76. The van der Waals surface area contributed by atoms with Crippen LogP contribution < -0.4 is 20.9 Å². The van der Waals surface area contributed by atoms with E-state index in [1.54, 1.807) is 24.3 Å². The lowest BCUT2D eigenvalue weighted by atomic mass is 9.86. The zero-order valence-electron chi connectivity index (χ0n) is 22.5. The molecule has 1 aromatic carbocycles. The molecule has 2 aromatic heterocycles. The summed E-state index contributed by atoms with van der Waals surface area (Å²) in [6.45, 7) is 4.09. The van der Waals surface area contributed by atoms with Gasteiger partial charge in [0.2, 0.25) is 11.9 Å². The number of carbonyl (C=O) groups is 1. The number of rotatable bonds is 8. The van der Waals surface area contributed by atoms with Crippen molar-refractivity contribution in [3.63, 3.8) is 0 Å². The number of benzene rings is 1. The van der Waals surface area contributed by atoms with Gasteiger partial charge in [0, 0.05) is 31.7 Å². The Labute approximate surface area is 231 Å². The van der Waals surface area contributed by atoms with Gasteiger partial charge in [-0.1, -0.05) is 12.1 Å². The molecule has 12 heteroatoms. The van der Waals surface area contributed by atoms with Crippen LogP contribution in [-0.4, -0.2) is 76.9 Å². The molecule has 6 rings (SSSR count). The fourth-order valence-electron chi connectivity index (χ4n) is 5.96. The first-order valence-corrected chi connectivity index (χ1v) is 14.3. The highest BCUT2D eigenvalue weighted by molar-refractivity contribution is 5.82. The van der Waals surface area contributed by atoms with Crippen LogP contribution >= 0.6 is 0 Å². The smallest absolute Gasteiger partial charge is 0.296 e. The van der Waals surface area contributed by atoms with Crippen molar-refractivity contribution < 1.29 is 18.3 Å². The zero-order valence-corrected chi connectivity index (χ0v) is 22.5. The summed E-state index contributed by atoms with van der Waals surface area (Å²) in [6.07, 6.45) is 2.98. The summed E-state index contributed by atoms with van der Waals surface area (Å²) >= 11 is 0. The SMILES string of the molecule is O=C(NCC1CCC(Nc2nc(N3CCOCC3)cc(-n3c(C(F)F)nc4ccccc43)n2)CC1)[C@@H]1CCCN1. The van der Waals surface area contributed by atoms with Crippen LogP contribution in [-0.2, 0) is 9.53 Å². The zero-order chi connectivity index (χ0) is 27.5.